The summed E-state index contributed by atoms with van der Waals surface area (Å²) in [5, 5.41) is 8.90. The Morgan fingerprint density at radius 3 is 3.06 bits per heavy atom. The molecule has 0 saturated carbocycles. The van der Waals surface area contributed by atoms with E-state index in [1.54, 1.807) is 6.07 Å². The summed E-state index contributed by atoms with van der Waals surface area (Å²) in [4.78, 5) is 3.15. The maximum Gasteiger partial charge on any atom is 0.178 e. The third kappa shape index (κ3) is 2.29. The highest BCUT2D eigenvalue weighted by Crippen LogP contribution is 2.16. The summed E-state index contributed by atoms with van der Waals surface area (Å²) >= 11 is 5.28. The standard InChI is InChI=1S/C13H13N3S/c1-2-3-4-7-16-12-8-10(9-14)5-6-11(12)15-13(16)17/h2-3,5-6,8H,4,7H2,1H3,(H,15,17)/b3-2+. The molecule has 3 nitrogen and oxygen atoms in total. The number of nitriles is 1. The van der Waals surface area contributed by atoms with Crippen LogP contribution in [0.15, 0.2) is 30.4 Å². The van der Waals surface area contributed by atoms with Gasteiger partial charge in [-0.05, 0) is 43.8 Å². The second-order valence-corrected chi connectivity index (χ2v) is 4.17. The lowest BCUT2D eigenvalue weighted by Gasteiger charge is -2.01. The van der Waals surface area contributed by atoms with E-state index in [0.29, 0.717) is 10.3 Å². The van der Waals surface area contributed by atoms with Crippen LogP contribution in [0.2, 0.25) is 0 Å². The third-order valence-corrected chi connectivity index (χ3v) is 2.98. The van der Waals surface area contributed by atoms with Gasteiger partial charge in [0.15, 0.2) is 4.77 Å². The molecular weight excluding hydrogens is 230 g/mol. The number of hydrogen-bond acceptors (Lipinski definition) is 2. The predicted octanol–water partition coefficient (Wildman–Crippen LogP) is 3.54. The summed E-state index contributed by atoms with van der Waals surface area (Å²) in [7, 11) is 0. The van der Waals surface area contributed by atoms with Crippen molar-refractivity contribution in [2.24, 2.45) is 0 Å². The molecule has 0 aliphatic carbocycles. The van der Waals surface area contributed by atoms with Crippen LogP contribution in [-0.2, 0) is 6.54 Å². The fraction of sp³-hybridized carbons (Fsp3) is 0.231. The van der Waals surface area contributed by atoms with Gasteiger partial charge in [0.25, 0.3) is 0 Å². The van der Waals surface area contributed by atoms with Crippen LogP contribution in [-0.4, -0.2) is 9.55 Å². The maximum atomic E-state index is 8.90. The first kappa shape index (κ1) is 11.6. The lowest BCUT2D eigenvalue weighted by atomic mass is 10.2. The second kappa shape index (κ2) is 4.98. The molecule has 0 radical (unpaired) electrons. The van der Waals surface area contributed by atoms with E-state index < -0.39 is 0 Å². The van der Waals surface area contributed by atoms with Crippen LogP contribution in [0.5, 0.6) is 0 Å². The van der Waals surface area contributed by atoms with Crippen molar-refractivity contribution in [2.75, 3.05) is 0 Å². The molecule has 1 heterocycles. The van der Waals surface area contributed by atoms with Crippen LogP contribution >= 0.6 is 12.2 Å². The Labute approximate surface area is 105 Å². The van der Waals surface area contributed by atoms with Gasteiger partial charge in [0.1, 0.15) is 0 Å². The quantitative estimate of drug-likeness (QED) is 0.662. The topological polar surface area (TPSA) is 44.5 Å². The zero-order chi connectivity index (χ0) is 12.3. The highest BCUT2D eigenvalue weighted by molar-refractivity contribution is 7.71. The molecule has 0 bridgehead atoms. The Morgan fingerprint density at radius 1 is 1.53 bits per heavy atom. The summed E-state index contributed by atoms with van der Waals surface area (Å²) in [5.41, 5.74) is 2.64. The largest absolute Gasteiger partial charge is 0.331 e. The van der Waals surface area contributed by atoms with E-state index in [9.17, 15) is 0 Å². The number of benzene rings is 1. The normalized spacial score (nSPS) is 11.1. The monoisotopic (exact) mass is 243 g/mol. The molecule has 0 amide bonds. The van der Waals surface area contributed by atoms with E-state index in [1.165, 1.54) is 0 Å². The maximum absolute atomic E-state index is 8.90. The predicted molar refractivity (Wildman–Crippen MR) is 71.3 cm³/mol. The van der Waals surface area contributed by atoms with E-state index >= 15 is 0 Å². The first-order chi connectivity index (χ1) is 8.26. The third-order valence-electron chi connectivity index (χ3n) is 2.66. The molecule has 0 unspecified atom stereocenters. The van der Waals surface area contributed by atoms with Gasteiger partial charge in [0, 0.05) is 6.54 Å². The number of aryl methyl sites for hydroxylation is 1. The van der Waals surface area contributed by atoms with Gasteiger partial charge in [-0.15, -0.1) is 0 Å². The fourth-order valence-corrected chi connectivity index (χ4v) is 2.11. The molecule has 1 N–H and O–H groups in total. The van der Waals surface area contributed by atoms with Crippen molar-refractivity contribution in [3.8, 4) is 6.07 Å². The lowest BCUT2D eigenvalue weighted by Crippen LogP contribution is -1.96. The highest BCUT2D eigenvalue weighted by Gasteiger charge is 2.04. The number of aromatic amines is 1. The van der Waals surface area contributed by atoms with E-state index in [0.717, 1.165) is 24.0 Å². The van der Waals surface area contributed by atoms with E-state index in [2.05, 4.69) is 17.1 Å². The summed E-state index contributed by atoms with van der Waals surface area (Å²) in [5.74, 6) is 0. The van der Waals surface area contributed by atoms with Crippen molar-refractivity contribution in [2.45, 2.75) is 19.9 Å². The Bertz CT molecular complexity index is 655. The van der Waals surface area contributed by atoms with Crippen molar-refractivity contribution in [3.63, 3.8) is 0 Å². The van der Waals surface area contributed by atoms with Gasteiger partial charge in [-0.1, -0.05) is 12.2 Å². The summed E-state index contributed by atoms with van der Waals surface area (Å²) in [6.45, 7) is 2.83. The first-order valence-corrected chi connectivity index (χ1v) is 5.91. The van der Waals surface area contributed by atoms with Gasteiger partial charge in [0.05, 0.1) is 22.7 Å². The summed E-state index contributed by atoms with van der Waals surface area (Å²) in [6, 6.07) is 7.71. The number of allylic oxidation sites excluding steroid dienone is 2. The lowest BCUT2D eigenvalue weighted by molar-refractivity contribution is 0.720. The molecule has 2 rings (SSSR count). The molecule has 0 atom stereocenters. The Hall–Kier alpha value is -1.86. The minimum Gasteiger partial charge on any atom is -0.331 e. The summed E-state index contributed by atoms with van der Waals surface area (Å²) < 4.78 is 2.74. The number of nitrogens with zero attached hydrogens (tertiary/aromatic N) is 2. The molecule has 1 aromatic heterocycles. The van der Waals surface area contributed by atoms with Crippen molar-refractivity contribution >= 4 is 23.3 Å². The van der Waals surface area contributed by atoms with Gasteiger partial charge in [-0.2, -0.15) is 5.26 Å². The fourth-order valence-electron chi connectivity index (χ4n) is 1.81. The Balaban J connectivity index is 2.49. The first-order valence-electron chi connectivity index (χ1n) is 5.50. The molecule has 0 fully saturated rings. The summed E-state index contributed by atoms with van der Waals surface area (Å²) in [6.07, 6.45) is 5.07. The molecule has 86 valence electrons. The molecule has 0 saturated heterocycles. The van der Waals surface area contributed by atoms with Crippen LogP contribution < -0.4 is 0 Å². The molecule has 0 aliphatic heterocycles. The minimum atomic E-state index is 0.659. The Morgan fingerprint density at radius 2 is 2.35 bits per heavy atom. The number of fused-ring (bicyclic) bond motifs is 1. The molecule has 0 spiro atoms. The van der Waals surface area contributed by atoms with Crippen LogP contribution in [0.4, 0.5) is 0 Å². The second-order valence-electron chi connectivity index (χ2n) is 3.78. The van der Waals surface area contributed by atoms with E-state index in [-0.39, 0.29) is 0 Å². The number of H-pyrrole nitrogens is 1. The average Bonchev–Trinajstić information content (AvgIpc) is 2.65. The molecule has 1 aromatic carbocycles. The molecular formula is C13H13N3S. The van der Waals surface area contributed by atoms with Crippen LogP contribution in [0.25, 0.3) is 11.0 Å². The van der Waals surface area contributed by atoms with E-state index in [1.807, 2.05) is 29.7 Å². The van der Waals surface area contributed by atoms with Gasteiger partial charge >= 0.3 is 0 Å². The number of nitrogens with one attached hydrogen (secondary N) is 1. The SMILES string of the molecule is C/C=C/CCn1c(=S)[nH]c2ccc(C#N)cc21. The van der Waals surface area contributed by atoms with Crippen LogP contribution in [0.3, 0.4) is 0 Å². The van der Waals surface area contributed by atoms with Crippen LogP contribution in [0, 0.1) is 16.1 Å². The van der Waals surface area contributed by atoms with Crippen molar-refractivity contribution in [1.29, 1.82) is 5.26 Å². The van der Waals surface area contributed by atoms with Gasteiger partial charge in [-0.3, -0.25) is 0 Å². The van der Waals surface area contributed by atoms with Gasteiger partial charge in [0.2, 0.25) is 0 Å². The highest BCUT2D eigenvalue weighted by atomic mass is 32.1. The van der Waals surface area contributed by atoms with Gasteiger partial charge < -0.3 is 9.55 Å². The minimum absolute atomic E-state index is 0.659. The molecule has 2 aromatic rings. The molecule has 4 heteroatoms. The van der Waals surface area contributed by atoms with E-state index in [4.69, 9.17) is 17.5 Å². The smallest absolute Gasteiger partial charge is 0.178 e. The molecule has 0 aliphatic rings. The zero-order valence-electron chi connectivity index (χ0n) is 9.60. The number of aromatic nitrogens is 2. The average molecular weight is 243 g/mol. The number of rotatable bonds is 3. The van der Waals surface area contributed by atoms with Gasteiger partial charge in [-0.25, -0.2) is 0 Å². The number of hydrogen-bond donors (Lipinski definition) is 1. The van der Waals surface area contributed by atoms with Crippen molar-refractivity contribution in [3.05, 3.63) is 40.7 Å². The zero-order valence-corrected chi connectivity index (χ0v) is 10.4. The van der Waals surface area contributed by atoms with Crippen molar-refractivity contribution < 1.29 is 0 Å². The molecule has 17 heavy (non-hydrogen) atoms. The Kier molecular flexibility index (Phi) is 3.40. The number of imidazole rings is 1. The van der Waals surface area contributed by atoms with Crippen LogP contribution in [0.1, 0.15) is 18.9 Å². The van der Waals surface area contributed by atoms with Crippen molar-refractivity contribution in [1.82, 2.24) is 9.55 Å².